The number of nitrogens with zero attached hydrogens (tertiary/aromatic N) is 1. The van der Waals surface area contributed by atoms with E-state index in [4.69, 9.17) is 17.3 Å². The van der Waals surface area contributed by atoms with Gasteiger partial charge in [-0.3, -0.25) is 4.90 Å². The molecule has 0 amide bonds. The van der Waals surface area contributed by atoms with Crippen molar-refractivity contribution < 1.29 is 0 Å². The van der Waals surface area contributed by atoms with E-state index in [1.807, 2.05) is 5.38 Å². The van der Waals surface area contributed by atoms with Crippen LogP contribution in [0.5, 0.6) is 0 Å². The highest BCUT2D eigenvalue weighted by atomic mass is 35.5. The molecule has 1 unspecified atom stereocenters. The van der Waals surface area contributed by atoms with Crippen LogP contribution in [0, 0.1) is 5.92 Å². The third-order valence-electron chi connectivity index (χ3n) is 3.91. The number of halogens is 1. The summed E-state index contributed by atoms with van der Waals surface area (Å²) in [7, 11) is 0. The minimum Gasteiger partial charge on any atom is -0.329 e. The van der Waals surface area contributed by atoms with Crippen LogP contribution in [0.2, 0.25) is 5.02 Å². The Balaban J connectivity index is 2.18. The van der Waals surface area contributed by atoms with Crippen molar-refractivity contribution >= 4 is 22.9 Å². The molecule has 0 bridgehead atoms. The van der Waals surface area contributed by atoms with Gasteiger partial charge in [0, 0.05) is 29.4 Å². The molecule has 1 aliphatic rings. The zero-order valence-electron chi connectivity index (χ0n) is 11.9. The molecule has 0 aromatic carbocycles. The first-order valence-corrected chi connectivity index (χ1v) is 8.57. The highest BCUT2D eigenvalue weighted by molar-refractivity contribution is 7.10. The second-order valence-corrected chi connectivity index (χ2v) is 7.33. The van der Waals surface area contributed by atoms with Gasteiger partial charge in [-0.2, -0.15) is 0 Å². The summed E-state index contributed by atoms with van der Waals surface area (Å²) in [5.41, 5.74) is 6.08. The Labute approximate surface area is 125 Å². The molecule has 1 aromatic heterocycles. The van der Waals surface area contributed by atoms with Crippen LogP contribution in [0.15, 0.2) is 11.4 Å². The van der Waals surface area contributed by atoms with Gasteiger partial charge in [-0.1, -0.05) is 38.3 Å². The summed E-state index contributed by atoms with van der Waals surface area (Å²) >= 11 is 7.83. The summed E-state index contributed by atoms with van der Waals surface area (Å²) < 4.78 is 0. The van der Waals surface area contributed by atoms with E-state index in [0.29, 0.717) is 24.5 Å². The lowest BCUT2D eigenvalue weighted by molar-refractivity contribution is 0.123. The van der Waals surface area contributed by atoms with Crippen LogP contribution < -0.4 is 5.73 Å². The molecule has 1 fully saturated rings. The minimum atomic E-state index is 0.336. The second kappa shape index (κ2) is 7.07. The molecule has 2 nitrogen and oxygen atoms in total. The molecule has 1 heterocycles. The predicted octanol–water partition coefficient (Wildman–Crippen LogP) is 4.30. The van der Waals surface area contributed by atoms with Crippen molar-refractivity contribution in [3.05, 3.63) is 21.3 Å². The van der Waals surface area contributed by atoms with Gasteiger partial charge in [-0.25, -0.2) is 0 Å². The Morgan fingerprint density at radius 3 is 2.58 bits per heavy atom. The summed E-state index contributed by atoms with van der Waals surface area (Å²) in [5, 5.41) is 2.86. The van der Waals surface area contributed by atoms with Crippen LogP contribution in [0.25, 0.3) is 0 Å². The van der Waals surface area contributed by atoms with Gasteiger partial charge in [-0.05, 0) is 24.8 Å². The van der Waals surface area contributed by atoms with Crippen molar-refractivity contribution in [3.63, 3.8) is 0 Å². The van der Waals surface area contributed by atoms with Crippen molar-refractivity contribution in [2.75, 3.05) is 13.1 Å². The molecule has 0 radical (unpaired) electrons. The molecule has 0 saturated heterocycles. The zero-order valence-corrected chi connectivity index (χ0v) is 13.5. The standard InChI is InChI=1S/C15H25ClN2S/c1-11(2)9-18(13-5-3-4-6-13)14(8-17)15-7-12(16)10-19-15/h7,10-11,13-14H,3-6,8-9,17H2,1-2H3. The average molecular weight is 301 g/mol. The molecule has 2 N–H and O–H groups in total. The van der Waals surface area contributed by atoms with Crippen molar-refractivity contribution in [1.29, 1.82) is 0 Å². The quantitative estimate of drug-likeness (QED) is 0.848. The van der Waals surface area contributed by atoms with Crippen molar-refractivity contribution in [2.45, 2.75) is 51.6 Å². The predicted molar refractivity (Wildman–Crippen MR) is 84.9 cm³/mol. The van der Waals surface area contributed by atoms with Gasteiger partial charge in [0.2, 0.25) is 0 Å². The summed E-state index contributed by atoms with van der Waals surface area (Å²) in [4.78, 5) is 3.96. The smallest absolute Gasteiger partial charge is 0.0567 e. The summed E-state index contributed by atoms with van der Waals surface area (Å²) in [6.07, 6.45) is 5.37. The van der Waals surface area contributed by atoms with Crippen LogP contribution >= 0.6 is 22.9 Å². The largest absolute Gasteiger partial charge is 0.329 e. The lowest BCUT2D eigenvalue weighted by atomic mass is 10.1. The van der Waals surface area contributed by atoms with Crippen molar-refractivity contribution in [3.8, 4) is 0 Å². The number of rotatable bonds is 6. The van der Waals surface area contributed by atoms with Gasteiger partial charge in [0.25, 0.3) is 0 Å². The fraction of sp³-hybridized carbons (Fsp3) is 0.733. The van der Waals surface area contributed by atoms with Crippen molar-refractivity contribution in [2.24, 2.45) is 11.7 Å². The normalized spacial score (nSPS) is 18.6. The molecule has 4 heteroatoms. The van der Waals surface area contributed by atoms with Gasteiger partial charge in [0.15, 0.2) is 0 Å². The van der Waals surface area contributed by atoms with Crippen molar-refractivity contribution in [1.82, 2.24) is 4.90 Å². The average Bonchev–Trinajstić information content (AvgIpc) is 2.99. The summed E-state index contributed by atoms with van der Waals surface area (Å²) in [6.45, 7) is 6.38. The maximum Gasteiger partial charge on any atom is 0.0567 e. The lowest BCUT2D eigenvalue weighted by Gasteiger charge is -2.36. The van der Waals surface area contributed by atoms with Crippen LogP contribution in [0.3, 0.4) is 0 Å². The van der Waals surface area contributed by atoms with Gasteiger partial charge in [-0.15, -0.1) is 11.3 Å². The first kappa shape index (κ1) is 15.3. The molecular weight excluding hydrogens is 276 g/mol. The maximum atomic E-state index is 6.08. The van der Waals surface area contributed by atoms with E-state index in [0.717, 1.165) is 11.6 Å². The first-order chi connectivity index (χ1) is 9.11. The highest BCUT2D eigenvalue weighted by Crippen LogP contribution is 2.34. The van der Waals surface area contributed by atoms with Gasteiger partial charge >= 0.3 is 0 Å². The number of hydrogen-bond donors (Lipinski definition) is 1. The highest BCUT2D eigenvalue weighted by Gasteiger charge is 2.30. The molecule has 0 spiro atoms. The second-order valence-electron chi connectivity index (χ2n) is 5.95. The van der Waals surface area contributed by atoms with Gasteiger partial charge < -0.3 is 5.73 Å². The van der Waals surface area contributed by atoms with E-state index in [1.54, 1.807) is 11.3 Å². The molecule has 19 heavy (non-hydrogen) atoms. The topological polar surface area (TPSA) is 29.3 Å². The van der Waals surface area contributed by atoms with E-state index in [-0.39, 0.29) is 0 Å². The van der Waals surface area contributed by atoms with Crippen LogP contribution in [-0.4, -0.2) is 24.0 Å². The van der Waals surface area contributed by atoms with Crippen LogP contribution in [0.1, 0.15) is 50.4 Å². The van der Waals surface area contributed by atoms with Crippen LogP contribution in [0.4, 0.5) is 0 Å². The SMILES string of the molecule is CC(C)CN(C1CCCC1)C(CN)c1cc(Cl)cs1. The number of thiophene rings is 1. The molecule has 0 aliphatic heterocycles. The molecule has 1 saturated carbocycles. The third-order valence-corrected chi connectivity index (χ3v) is 5.29. The van der Waals surface area contributed by atoms with E-state index >= 15 is 0 Å². The molecule has 1 atom stereocenters. The Bertz CT molecular complexity index is 385. The third kappa shape index (κ3) is 3.94. The summed E-state index contributed by atoms with van der Waals surface area (Å²) in [5.74, 6) is 0.671. The Hall–Kier alpha value is -0.0900. The number of hydrogen-bond acceptors (Lipinski definition) is 3. The number of nitrogens with two attached hydrogens (primary N) is 1. The Kier molecular flexibility index (Phi) is 5.70. The monoisotopic (exact) mass is 300 g/mol. The molecule has 1 aromatic rings. The van der Waals surface area contributed by atoms with Gasteiger partial charge in [0.05, 0.1) is 11.1 Å². The molecule has 108 valence electrons. The zero-order chi connectivity index (χ0) is 13.8. The minimum absolute atomic E-state index is 0.336. The lowest BCUT2D eigenvalue weighted by Crippen LogP contribution is -2.42. The summed E-state index contributed by atoms with van der Waals surface area (Å²) in [6, 6.07) is 3.13. The van der Waals surface area contributed by atoms with E-state index in [1.165, 1.54) is 30.6 Å². The molecule has 2 rings (SSSR count). The Morgan fingerprint density at radius 2 is 2.11 bits per heavy atom. The Morgan fingerprint density at radius 1 is 1.42 bits per heavy atom. The fourth-order valence-corrected chi connectivity index (χ4v) is 4.32. The van der Waals surface area contributed by atoms with E-state index in [9.17, 15) is 0 Å². The van der Waals surface area contributed by atoms with E-state index in [2.05, 4.69) is 24.8 Å². The first-order valence-electron chi connectivity index (χ1n) is 7.31. The van der Waals surface area contributed by atoms with Gasteiger partial charge in [0.1, 0.15) is 0 Å². The van der Waals surface area contributed by atoms with E-state index < -0.39 is 0 Å². The fourth-order valence-electron chi connectivity index (χ4n) is 3.11. The maximum absolute atomic E-state index is 6.08. The van der Waals surface area contributed by atoms with Crippen LogP contribution in [-0.2, 0) is 0 Å². The molecule has 1 aliphatic carbocycles. The molecular formula is C15H25ClN2S.